The van der Waals surface area contributed by atoms with E-state index in [1.54, 1.807) is 6.07 Å². The Balaban J connectivity index is 0.00000156. The third kappa shape index (κ3) is 3.53. The number of hydrogen-bond acceptors (Lipinski definition) is 2. The molecule has 2 N–H and O–H groups in total. The lowest BCUT2D eigenvalue weighted by molar-refractivity contribution is -0.0612. The van der Waals surface area contributed by atoms with Crippen molar-refractivity contribution in [1.29, 1.82) is 0 Å². The largest absolute Gasteiger partial charge is 1.00 e. The van der Waals surface area contributed by atoms with Gasteiger partial charge in [0.05, 0.1) is 0 Å². The molecule has 1 atom stereocenters. The number of halogens is 1. The van der Waals surface area contributed by atoms with Crippen molar-refractivity contribution in [3.63, 3.8) is 0 Å². The first-order chi connectivity index (χ1) is 10.6. The molecule has 1 unspecified atom stereocenters. The Morgan fingerprint density at radius 2 is 1.65 bits per heavy atom. The summed E-state index contributed by atoms with van der Waals surface area (Å²) in [5.41, 5.74) is 1.65. The lowest BCUT2D eigenvalue weighted by Gasteiger charge is -2.57. The van der Waals surface area contributed by atoms with Gasteiger partial charge in [-0.15, -0.1) is 0 Å². The first-order valence-electron chi connectivity index (χ1n) is 9.12. The fourth-order valence-electron chi connectivity index (χ4n) is 6.21. The number of phenolic OH excluding ortho intramolecular Hbond substituents is 1. The van der Waals surface area contributed by atoms with Crippen LogP contribution in [0.3, 0.4) is 0 Å². The van der Waals surface area contributed by atoms with Gasteiger partial charge in [-0.2, -0.15) is 0 Å². The Bertz CT molecular complexity index is 509. The average molecular weight is 335 g/mol. The minimum atomic E-state index is 0. The van der Waals surface area contributed by atoms with Crippen molar-refractivity contribution in [2.24, 2.45) is 23.2 Å². The van der Waals surface area contributed by atoms with Crippen molar-refractivity contribution in [2.45, 2.75) is 64.5 Å². The van der Waals surface area contributed by atoms with Gasteiger partial charge in [0.25, 0.3) is 0 Å². The first-order valence-corrected chi connectivity index (χ1v) is 9.12. The number of rotatable bonds is 5. The maximum atomic E-state index is 9.89. The molecule has 3 heteroatoms. The van der Waals surface area contributed by atoms with E-state index in [1.165, 1.54) is 44.9 Å². The first kappa shape index (κ1) is 17.1. The van der Waals surface area contributed by atoms with Crippen LogP contribution in [0.25, 0.3) is 0 Å². The maximum Gasteiger partial charge on any atom is 0.120 e. The molecule has 2 nitrogen and oxygen atoms in total. The van der Waals surface area contributed by atoms with Crippen molar-refractivity contribution in [3.05, 3.63) is 29.8 Å². The quantitative estimate of drug-likeness (QED) is 0.855. The maximum absolute atomic E-state index is 9.89. The summed E-state index contributed by atoms with van der Waals surface area (Å²) in [4.78, 5) is 0. The minimum Gasteiger partial charge on any atom is -1.00 e. The molecular formula is C20H29ClNO-. The normalized spacial score (nSPS) is 35.8. The van der Waals surface area contributed by atoms with Crippen molar-refractivity contribution in [2.75, 3.05) is 0 Å². The number of hydrogen-bond donors (Lipinski definition) is 2. The molecule has 4 fully saturated rings. The summed E-state index contributed by atoms with van der Waals surface area (Å²) in [6.45, 7) is 3.11. The molecular weight excluding hydrogens is 306 g/mol. The summed E-state index contributed by atoms with van der Waals surface area (Å²) < 4.78 is 0. The molecule has 0 amide bonds. The molecule has 23 heavy (non-hydrogen) atoms. The molecule has 4 aliphatic rings. The van der Waals surface area contributed by atoms with Crippen LogP contribution in [-0.2, 0) is 6.54 Å². The Morgan fingerprint density at radius 3 is 2.22 bits per heavy atom. The van der Waals surface area contributed by atoms with Gasteiger partial charge in [0, 0.05) is 18.2 Å². The third-order valence-electron chi connectivity index (χ3n) is 6.54. The van der Waals surface area contributed by atoms with Crippen molar-refractivity contribution >= 4 is 0 Å². The highest BCUT2D eigenvalue weighted by Crippen LogP contribution is 2.61. The zero-order valence-electron chi connectivity index (χ0n) is 14.1. The lowest BCUT2D eigenvalue weighted by atomic mass is 9.48. The van der Waals surface area contributed by atoms with Crippen LogP contribution in [0.1, 0.15) is 57.4 Å². The van der Waals surface area contributed by atoms with E-state index in [4.69, 9.17) is 0 Å². The van der Waals surface area contributed by atoms with E-state index < -0.39 is 0 Å². The van der Waals surface area contributed by atoms with Gasteiger partial charge >= 0.3 is 0 Å². The average Bonchev–Trinajstić information content (AvgIpc) is 2.44. The van der Waals surface area contributed by atoms with E-state index >= 15 is 0 Å². The van der Waals surface area contributed by atoms with Crippen molar-refractivity contribution in [1.82, 2.24) is 5.32 Å². The SMILES string of the molecule is CC(CC12CC3CC(CC(C3)C1)C2)NCc1ccccc1O.[Cl-]. The van der Waals surface area contributed by atoms with Gasteiger partial charge in [0.1, 0.15) is 5.75 Å². The van der Waals surface area contributed by atoms with E-state index in [1.807, 2.05) is 18.2 Å². The molecule has 5 rings (SSSR count). The molecule has 128 valence electrons. The van der Waals surface area contributed by atoms with Gasteiger partial charge in [0.15, 0.2) is 0 Å². The highest BCUT2D eigenvalue weighted by molar-refractivity contribution is 5.31. The molecule has 0 heterocycles. The van der Waals surface area contributed by atoms with Gasteiger partial charge in [-0.3, -0.25) is 0 Å². The number of phenols is 1. The molecule has 1 aromatic carbocycles. The summed E-state index contributed by atoms with van der Waals surface area (Å²) in [7, 11) is 0. The number of benzene rings is 1. The Labute approximate surface area is 146 Å². The second-order valence-corrected chi connectivity index (χ2v) is 8.53. The fraction of sp³-hybridized carbons (Fsp3) is 0.700. The molecule has 4 aliphatic carbocycles. The van der Waals surface area contributed by atoms with Crippen molar-refractivity contribution < 1.29 is 17.5 Å². The smallest absolute Gasteiger partial charge is 0.120 e. The van der Waals surface area contributed by atoms with Crippen molar-refractivity contribution in [3.8, 4) is 5.75 Å². The van der Waals surface area contributed by atoms with E-state index in [0.717, 1.165) is 29.9 Å². The third-order valence-corrected chi connectivity index (χ3v) is 6.54. The topological polar surface area (TPSA) is 32.3 Å². The predicted molar refractivity (Wildman–Crippen MR) is 89.6 cm³/mol. The zero-order valence-corrected chi connectivity index (χ0v) is 14.9. The Morgan fingerprint density at radius 1 is 1.09 bits per heavy atom. The zero-order chi connectivity index (χ0) is 15.2. The van der Waals surface area contributed by atoms with Crippen LogP contribution in [0.2, 0.25) is 0 Å². The van der Waals surface area contributed by atoms with Gasteiger partial charge in [-0.05, 0) is 81.1 Å². The molecule has 0 spiro atoms. The highest BCUT2D eigenvalue weighted by atomic mass is 35.5. The molecule has 0 radical (unpaired) electrons. The lowest BCUT2D eigenvalue weighted by Crippen LogP contribution is -3.00. The standard InChI is InChI=1S/C20H29NO.ClH/c1-14(21-13-18-4-2-3-5-19(18)22)9-20-10-15-6-16(11-20)8-17(7-15)12-20;/h2-5,14-17,21-22H,6-13H2,1H3;1H/p-1. The number of nitrogens with one attached hydrogen (secondary N) is 1. The van der Waals surface area contributed by atoms with Gasteiger partial charge in [-0.25, -0.2) is 0 Å². The predicted octanol–water partition coefficient (Wildman–Crippen LogP) is 1.48. The Kier molecular flexibility index (Phi) is 4.94. The van der Waals surface area contributed by atoms with E-state index in [0.29, 0.717) is 17.2 Å². The molecule has 0 aromatic heterocycles. The monoisotopic (exact) mass is 334 g/mol. The molecule has 0 saturated heterocycles. The number of aromatic hydroxyl groups is 1. The summed E-state index contributed by atoms with van der Waals surface area (Å²) in [6.07, 6.45) is 10.4. The van der Waals surface area contributed by atoms with Gasteiger partial charge in [-0.1, -0.05) is 18.2 Å². The minimum absolute atomic E-state index is 0. The molecule has 0 aliphatic heterocycles. The van der Waals surface area contributed by atoms with Crippen LogP contribution >= 0.6 is 0 Å². The van der Waals surface area contributed by atoms with Gasteiger partial charge < -0.3 is 22.8 Å². The van der Waals surface area contributed by atoms with Crippen LogP contribution < -0.4 is 17.7 Å². The Hall–Kier alpha value is -0.730. The second-order valence-electron chi connectivity index (χ2n) is 8.53. The second kappa shape index (κ2) is 6.64. The fourth-order valence-corrected chi connectivity index (χ4v) is 6.21. The highest BCUT2D eigenvalue weighted by Gasteiger charge is 2.50. The van der Waals surface area contributed by atoms with Crippen LogP contribution in [0.5, 0.6) is 5.75 Å². The van der Waals surface area contributed by atoms with E-state index in [9.17, 15) is 5.11 Å². The van der Waals surface area contributed by atoms with Crippen LogP contribution in [0.15, 0.2) is 24.3 Å². The van der Waals surface area contributed by atoms with Crippen LogP contribution in [-0.4, -0.2) is 11.1 Å². The summed E-state index contributed by atoms with van der Waals surface area (Å²) in [5, 5.41) is 13.5. The molecule has 4 saturated carbocycles. The number of para-hydroxylation sites is 1. The van der Waals surface area contributed by atoms with Gasteiger partial charge in [0.2, 0.25) is 0 Å². The summed E-state index contributed by atoms with van der Waals surface area (Å²) >= 11 is 0. The molecule has 4 bridgehead atoms. The van der Waals surface area contributed by atoms with Crippen LogP contribution in [0, 0.1) is 23.2 Å². The van der Waals surface area contributed by atoms with E-state index in [-0.39, 0.29) is 12.4 Å². The molecule has 1 aromatic rings. The van der Waals surface area contributed by atoms with E-state index in [2.05, 4.69) is 12.2 Å². The summed E-state index contributed by atoms with van der Waals surface area (Å²) in [6, 6.07) is 8.22. The van der Waals surface area contributed by atoms with Crippen LogP contribution in [0.4, 0.5) is 0 Å². The summed E-state index contributed by atoms with van der Waals surface area (Å²) in [5.74, 6) is 3.53.